The molecule has 1 aromatic heterocycles. The fourth-order valence-corrected chi connectivity index (χ4v) is 3.21. The van der Waals surface area contributed by atoms with E-state index in [9.17, 15) is 4.79 Å². The molecule has 1 aromatic rings. The van der Waals surface area contributed by atoms with Crippen LogP contribution in [0.4, 0.5) is 0 Å². The molecule has 2 rings (SSSR count). The minimum absolute atomic E-state index is 0.313. The van der Waals surface area contributed by atoms with Crippen LogP contribution in [0.25, 0.3) is 0 Å². The number of carbonyl (C=O) groups is 1. The first-order chi connectivity index (χ1) is 7.66. The molecule has 4 heteroatoms. The highest BCUT2D eigenvalue weighted by Gasteiger charge is 2.15. The number of nitrogens with one attached hydrogen (secondary N) is 1. The standard InChI is InChI=1S/C12H17NO2S/c1-8(12(14)15)6-13-7-10-5-9-3-2-4-11(9)16-10/h5,8,13H,2-4,6-7H2,1H3,(H,14,15). The highest BCUT2D eigenvalue weighted by Crippen LogP contribution is 2.30. The molecular weight excluding hydrogens is 222 g/mol. The zero-order valence-corrected chi connectivity index (χ0v) is 10.3. The van der Waals surface area contributed by atoms with Crippen LogP contribution >= 0.6 is 11.3 Å². The van der Waals surface area contributed by atoms with Gasteiger partial charge in [-0.05, 0) is 30.9 Å². The van der Waals surface area contributed by atoms with Crippen molar-refractivity contribution in [2.24, 2.45) is 5.92 Å². The molecular formula is C12H17NO2S. The van der Waals surface area contributed by atoms with E-state index in [4.69, 9.17) is 5.11 Å². The van der Waals surface area contributed by atoms with Crippen molar-refractivity contribution in [2.45, 2.75) is 32.7 Å². The van der Waals surface area contributed by atoms with E-state index in [0.717, 1.165) is 6.54 Å². The quantitative estimate of drug-likeness (QED) is 0.826. The van der Waals surface area contributed by atoms with Gasteiger partial charge in [0.2, 0.25) is 0 Å². The van der Waals surface area contributed by atoms with E-state index in [0.29, 0.717) is 6.54 Å². The summed E-state index contributed by atoms with van der Waals surface area (Å²) in [5.41, 5.74) is 1.51. The van der Waals surface area contributed by atoms with Crippen molar-refractivity contribution in [1.29, 1.82) is 0 Å². The van der Waals surface area contributed by atoms with Crippen LogP contribution in [0.15, 0.2) is 6.07 Å². The summed E-state index contributed by atoms with van der Waals surface area (Å²) in [5.74, 6) is -1.05. The van der Waals surface area contributed by atoms with Gasteiger partial charge in [0, 0.05) is 22.8 Å². The summed E-state index contributed by atoms with van der Waals surface area (Å²) >= 11 is 1.87. The van der Waals surface area contributed by atoms with Crippen molar-refractivity contribution in [3.05, 3.63) is 21.4 Å². The van der Waals surface area contributed by atoms with Crippen LogP contribution in [0.1, 0.15) is 28.7 Å². The van der Waals surface area contributed by atoms with E-state index < -0.39 is 5.97 Å². The summed E-state index contributed by atoms with van der Waals surface area (Å²) in [6.45, 7) is 3.07. The Balaban J connectivity index is 1.79. The number of carboxylic acids is 1. The molecule has 0 spiro atoms. The number of fused-ring (bicyclic) bond motifs is 1. The third kappa shape index (κ3) is 2.62. The second-order valence-electron chi connectivity index (χ2n) is 4.38. The number of thiophene rings is 1. The average molecular weight is 239 g/mol. The molecule has 0 amide bonds. The van der Waals surface area contributed by atoms with E-state index >= 15 is 0 Å². The average Bonchev–Trinajstić information content (AvgIpc) is 2.77. The summed E-state index contributed by atoms with van der Waals surface area (Å²) in [6.07, 6.45) is 3.74. The lowest BCUT2D eigenvalue weighted by Crippen LogP contribution is -2.25. The molecule has 16 heavy (non-hydrogen) atoms. The molecule has 1 atom stereocenters. The predicted molar refractivity (Wildman–Crippen MR) is 64.9 cm³/mol. The summed E-state index contributed by atoms with van der Waals surface area (Å²) in [7, 11) is 0. The highest BCUT2D eigenvalue weighted by molar-refractivity contribution is 7.12. The Hall–Kier alpha value is -0.870. The Morgan fingerprint density at radius 3 is 3.12 bits per heavy atom. The second-order valence-corrected chi connectivity index (χ2v) is 5.61. The second kappa shape index (κ2) is 4.97. The van der Waals surface area contributed by atoms with E-state index in [1.54, 1.807) is 6.92 Å². The van der Waals surface area contributed by atoms with Gasteiger partial charge < -0.3 is 10.4 Å². The molecule has 1 aliphatic carbocycles. The zero-order valence-electron chi connectivity index (χ0n) is 9.45. The maximum atomic E-state index is 10.6. The fraction of sp³-hybridized carbons (Fsp3) is 0.583. The number of aliphatic carboxylic acids is 1. The molecule has 0 bridgehead atoms. The molecule has 0 saturated heterocycles. The van der Waals surface area contributed by atoms with Gasteiger partial charge in [-0.15, -0.1) is 11.3 Å². The van der Waals surface area contributed by atoms with E-state index in [1.165, 1.54) is 34.6 Å². The predicted octanol–water partition coefficient (Wildman–Crippen LogP) is 2.05. The summed E-state index contributed by atoms with van der Waals surface area (Å²) in [4.78, 5) is 13.5. The fourth-order valence-electron chi connectivity index (χ4n) is 1.98. The van der Waals surface area contributed by atoms with Crippen LogP contribution in [0, 0.1) is 5.92 Å². The Morgan fingerprint density at radius 2 is 2.44 bits per heavy atom. The van der Waals surface area contributed by atoms with Gasteiger partial charge in [-0.25, -0.2) is 0 Å². The van der Waals surface area contributed by atoms with Crippen LogP contribution < -0.4 is 5.32 Å². The summed E-state index contributed by atoms with van der Waals surface area (Å²) in [5, 5.41) is 11.9. The van der Waals surface area contributed by atoms with Crippen LogP contribution in [0.3, 0.4) is 0 Å². The molecule has 1 aliphatic rings. The summed E-state index contributed by atoms with van der Waals surface area (Å²) < 4.78 is 0. The smallest absolute Gasteiger partial charge is 0.307 e. The van der Waals surface area contributed by atoms with Crippen LogP contribution in [-0.2, 0) is 24.2 Å². The number of hydrogen-bond donors (Lipinski definition) is 2. The van der Waals surface area contributed by atoms with Gasteiger partial charge >= 0.3 is 5.97 Å². The van der Waals surface area contributed by atoms with Gasteiger partial charge in [-0.2, -0.15) is 0 Å². The number of rotatable bonds is 5. The molecule has 0 fully saturated rings. The first kappa shape index (κ1) is 11.6. The maximum absolute atomic E-state index is 10.6. The monoisotopic (exact) mass is 239 g/mol. The van der Waals surface area contributed by atoms with Crippen LogP contribution in [-0.4, -0.2) is 17.6 Å². The van der Waals surface area contributed by atoms with Gasteiger partial charge in [-0.1, -0.05) is 6.92 Å². The molecule has 0 aliphatic heterocycles. The lowest BCUT2D eigenvalue weighted by atomic mass is 10.2. The van der Waals surface area contributed by atoms with Gasteiger partial charge in [0.05, 0.1) is 5.92 Å². The van der Waals surface area contributed by atoms with Crippen molar-refractivity contribution >= 4 is 17.3 Å². The van der Waals surface area contributed by atoms with E-state index in [-0.39, 0.29) is 5.92 Å². The Labute approximate surface area is 99.5 Å². The lowest BCUT2D eigenvalue weighted by Gasteiger charge is -2.06. The first-order valence-corrected chi connectivity index (χ1v) is 6.52. The Bertz CT molecular complexity index is 365. The molecule has 3 nitrogen and oxygen atoms in total. The molecule has 0 saturated carbocycles. The van der Waals surface area contributed by atoms with Crippen molar-refractivity contribution in [3.8, 4) is 0 Å². The minimum atomic E-state index is -0.735. The summed E-state index contributed by atoms with van der Waals surface area (Å²) in [6, 6.07) is 2.27. The Morgan fingerprint density at radius 1 is 1.62 bits per heavy atom. The highest BCUT2D eigenvalue weighted by atomic mass is 32.1. The molecule has 0 aromatic carbocycles. The SMILES string of the molecule is CC(CNCc1cc2c(s1)CCC2)C(=O)O. The topological polar surface area (TPSA) is 49.3 Å². The van der Waals surface area contributed by atoms with Crippen molar-refractivity contribution in [2.75, 3.05) is 6.54 Å². The van der Waals surface area contributed by atoms with Crippen molar-refractivity contribution < 1.29 is 9.90 Å². The molecule has 1 heterocycles. The van der Waals surface area contributed by atoms with Crippen LogP contribution in [0.2, 0.25) is 0 Å². The number of hydrogen-bond acceptors (Lipinski definition) is 3. The van der Waals surface area contributed by atoms with Crippen LogP contribution in [0.5, 0.6) is 0 Å². The number of aryl methyl sites for hydroxylation is 2. The molecule has 88 valence electrons. The minimum Gasteiger partial charge on any atom is -0.481 e. The van der Waals surface area contributed by atoms with Crippen molar-refractivity contribution in [1.82, 2.24) is 5.32 Å². The molecule has 2 N–H and O–H groups in total. The maximum Gasteiger partial charge on any atom is 0.307 e. The molecule has 0 radical (unpaired) electrons. The van der Waals surface area contributed by atoms with Crippen molar-refractivity contribution in [3.63, 3.8) is 0 Å². The van der Waals surface area contributed by atoms with Gasteiger partial charge in [0.25, 0.3) is 0 Å². The van der Waals surface area contributed by atoms with E-state index in [2.05, 4.69) is 11.4 Å². The zero-order chi connectivity index (χ0) is 11.5. The molecule has 1 unspecified atom stereocenters. The third-order valence-electron chi connectivity index (χ3n) is 2.97. The number of carboxylic acid groups (broad SMARTS) is 1. The first-order valence-electron chi connectivity index (χ1n) is 5.71. The van der Waals surface area contributed by atoms with Gasteiger partial charge in [0.1, 0.15) is 0 Å². The van der Waals surface area contributed by atoms with Gasteiger partial charge in [0.15, 0.2) is 0 Å². The largest absolute Gasteiger partial charge is 0.481 e. The van der Waals surface area contributed by atoms with Gasteiger partial charge in [-0.3, -0.25) is 4.79 Å². The van der Waals surface area contributed by atoms with E-state index in [1.807, 2.05) is 11.3 Å². The Kier molecular flexibility index (Phi) is 3.61. The lowest BCUT2D eigenvalue weighted by molar-refractivity contribution is -0.140. The normalized spacial score (nSPS) is 16.1. The third-order valence-corrected chi connectivity index (χ3v) is 4.21.